The number of hydrogen-bond acceptors (Lipinski definition) is 8. The molecule has 1 amide bonds. The number of halogens is 3. The highest BCUT2D eigenvalue weighted by molar-refractivity contribution is 8.00. The number of benzene rings is 1. The van der Waals surface area contributed by atoms with Crippen LogP contribution in [0.2, 0.25) is 0 Å². The second kappa shape index (κ2) is 11.8. The van der Waals surface area contributed by atoms with Gasteiger partial charge in [-0.05, 0) is 80.6 Å². The fourth-order valence-corrected chi connectivity index (χ4v) is 6.37. The Balaban J connectivity index is 1.37. The summed E-state index contributed by atoms with van der Waals surface area (Å²) in [6.45, 7) is 5.94. The number of ether oxygens (including phenoxy) is 1. The second-order valence-electron chi connectivity index (χ2n) is 11.6. The van der Waals surface area contributed by atoms with Gasteiger partial charge in [-0.2, -0.15) is 18.3 Å². The summed E-state index contributed by atoms with van der Waals surface area (Å²) in [5.41, 5.74) is -4.16. The molecule has 2 fully saturated rings. The Morgan fingerprint density at radius 3 is 2.74 bits per heavy atom. The van der Waals surface area contributed by atoms with Crippen LogP contribution in [0.4, 0.5) is 24.7 Å². The number of β-amino-alcohol motifs (C(OH)–C–C–N with tert-alkyl or cyclic N) is 1. The van der Waals surface area contributed by atoms with Crippen molar-refractivity contribution in [1.29, 1.82) is 0 Å². The number of rotatable bonds is 9. The molecule has 230 valence electrons. The molecular formula is C30H35F3N6O3S. The number of likely N-dealkylation sites (tertiary alicyclic amines) is 1. The summed E-state index contributed by atoms with van der Waals surface area (Å²) in [6.07, 6.45) is 1.80. The van der Waals surface area contributed by atoms with Gasteiger partial charge in [0.25, 0.3) is 5.91 Å². The van der Waals surface area contributed by atoms with Gasteiger partial charge in [-0.1, -0.05) is 12.0 Å². The van der Waals surface area contributed by atoms with Crippen molar-refractivity contribution in [3.8, 4) is 17.6 Å². The van der Waals surface area contributed by atoms with E-state index in [1.54, 1.807) is 44.2 Å². The molecule has 1 saturated heterocycles. The van der Waals surface area contributed by atoms with E-state index in [2.05, 4.69) is 37.8 Å². The van der Waals surface area contributed by atoms with Crippen molar-refractivity contribution in [1.82, 2.24) is 19.8 Å². The number of thioether (sulfide) groups is 1. The van der Waals surface area contributed by atoms with Crippen LogP contribution in [0.3, 0.4) is 0 Å². The van der Waals surface area contributed by atoms with E-state index in [1.165, 1.54) is 18.7 Å². The van der Waals surface area contributed by atoms with Crippen molar-refractivity contribution in [3.05, 3.63) is 47.7 Å². The van der Waals surface area contributed by atoms with Gasteiger partial charge in [0.2, 0.25) is 0 Å². The Kier molecular flexibility index (Phi) is 8.48. The Labute approximate surface area is 252 Å². The zero-order valence-corrected chi connectivity index (χ0v) is 25.2. The lowest BCUT2D eigenvalue weighted by Gasteiger charge is -2.35. The predicted octanol–water partition coefficient (Wildman–Crippen LogP) is 4.43. The number of carbonyl (C=O) groups excluding carboxylic acids is 1. The molecule has 0 bridgehead atoms. The van der Waals surface area contributed by atoms with E-state index >= 15 is 0 Å². The van der Waals surface area contributed by atoms with Gasteiger partial charge in [0, 0.05) is 37.8 Å². The Morgan fingerprint density at radius 1 is 1.28 bits per heavy atom. The fraction of sp³-hybridized carbons (Fsp3) is 0.467. The van der Waals surface area contributed by atoms with Crippen LogP contribution in [-0.2, 0) is 0 Å². The van der Waals surface area contributed by atoms with Gasteiger partial charge < -0.3 is 30.7 Å². The van der Waals surface area contributed by atoms with E-state index in [1.807, 2.05) is 6.07 Å². The van der Waals surface area contributed by atoms with Crippen molar-refractivity contribution in [2.24, 2.45) is 5.92 Å². The number of methoxy groups -OCH3 is 1. The number of piperidine rings is 1. The van der Waals surface area contributed by atoms with Crippen LogP contribution < -0.4 is 20.7 Å². The normalized spacial score (nSPS) is 20.1. The number of amides is 1. The monoisotopic (exact) mass is 616 g/mol. The van der Waals surface area contributed by atoms with E-state index in [4.69, 9.17) is 4.74 Å². The summed E-state index contributed by atoms with van der Waals surface area (Å²) in [6, 6.07) is 10.0. The molecule has 2 aliphatic rings. The SMILES string of the molecule is CNC(=O)c1ccc(OC)c(NCC#Cc2nn3c(N[C@@]45CCN(CC(C)(C)O)C[C@@H]4C5)cccc3c2SC(F)(F)F)c1. The number of nitrogens with one attached hydrogen (secondary N) is 3. The molecule has 3 heterocycles. The van der Waals surface area contributed by atoms with Crippen molar-refractivity contribution < 1.29 is 27.8 Å². The molecule has 0 spiro atoms. The van der Waals surface area contributed by atoms with Gasteiger partial charge in [-0.15, -0.1) is 0 Å². The van der Waals surface area contributed by atoms with Crippen molar-refractivity contribution in [2.45, 2.75) is 48.2 Å². The zero-order valence-electron chi connectivity index (χ0n) is 24.4. The van der Waals surface area contributed by atoms with Crippen LogP contribution in [0.5, 0.6) is 5.75 Å². The molecule has 5 rings (SSSR count). The number of nitrogens with zero attached hydrogens (tertiary/aromatic N) is 3. The summed E-state index contributed by atoms with van der Waals surface area (Å²) in [5.74, 6) is 6.91. The van der Waals surface area contributed by atoms with Crippen LogP contribution in [-0.4, -0.2) is 82.5 Å². The highest BCUT2D eigenvalue weighted by Crippen LogP contribution is 2.52. The largest absolute Gasteiger partial charge is 0.495 e. The number of carbonyl (C=O) groups is 1. The molecule has 13 heteroatoms. The van der Waals surface area contributed by atoms with Gasteiger partial charge >= 0.3 is 5.51 Å². The molecule has 1 aliphatic carbocycles. The molecule has 0 radical (unpaired) electrons. The quantitative estimate of drug-likeness (QED) is 0.207. The number of fused-ring (bicyclic) bond motifs is 2. The van der Waals surface area contributed by atoms with E-state index in [9.17, 15) is 23.1 Å². The molecule has 2 aromatic heterocycles. The van der Waals surface area contributed by atoms with E-state index < -0.39 is 11.1 Å². The number of anilines is 2. The first kappa shape index (κ1) is 30.8. The van der Waals surface area contributed by atoms with Gasteiger partial charge in [0.15, 0.2) is 0 Å². The van der Waals surface area contributed by atoms with Gasteiger partial charge in [0.05, 0.1) is 35.4 Å². The average molecular weight is 617 g/mol. The number of alkyl halides is 3. The topological polar surface area (TPSA) is 103 Å². The van der Waals surface area contributed by atoms with Gasteiger partial charge in [-0.25, -0.2) is 4.52 Å². The molecule has 2 atom stereocenters. The molecule has 1 saturated carbocycles. The van der Waals surface area contributed by atoms with Crippen molar-refractivity contribution in [3.63, 3.8) is 0 Å². The maximum atomic E-state index is 13.6. The van der Waals surface area contributed by atoms with E-state index in [0.717, 1.165) is 25.9 Å². The summed E-state index contributed by atoms with van der Waals surface area (Å²) >= 11 is -0.227. The predicted molar refractivity (Wildman–Crippen MR) is 161 cm³/mol. The van der Waals surface area contributed by atoms with Gasteiger partial charge in [0.1, 0.15) is 17.3 Å². The number of aliphatic hydroxyl groups is 1. The van der Waals surface area contributed by atoms with Crippen LogP contribution >= 0.6 is 11.8 Å². The molecule has 0 unspecified atom stereocenters. The highest BCUT2D eigenvalue weighted by Gasteiger charge is 2.57. The third-order valence-corrected chi connectivity index (χ3v) is 8.50. The van der Waals surface area contributed by atoms with Gasteiger partial charge in [-0.3, -0.25) is 4.79 Å². The highest BCUT2D eigenvalue weighted by atomic mass is 32.2. The first-order valence-corrected chi connectivity index (χ1v) is 14.8. The van der Waals surface area contributed by atoms with Crippen molar-refractivity contribution >= 4 is 34.7 Å². The molecule has 4 N–H and O–H groups in total. The first-order valence-electron chi connectivity index (χ1n) is 13.9. The third-order valence-electron chi connectivity index (χ3n) is 7.67. The summed E-state index contributed by atoms with van der Waals surface area (Å²) < 4.78 is 47.7. The molecule has 3 aromatic rings. The van der Waals surface area contributed by atoms with Crippen LogP contribution in [0.1, 0.15) is 42.7 Å². The first-order chi connectivity index (χ1) is 20.3. The molecule has 9 nitrogen and oxygen atoms in total. The molecule has 1 aromatic carbocycles. The van der Waals surface area contributed by atoms with Crippen molar-refractivity contribution in [2.75, 3.05) is 51.0 Å². The zero-order chi connectivity index (χ0) is 31.0. The minimum absolute atomic E-state index is 0.0225. The smallest absolute Gasteiger partial charge is 0.446 e. The minimum Gasteiger partial charge on any atom is -0.495 e. The maximum Gasteiger partial charge on any atom is 0.446 e. The summed E-state index contributed by atoms with van der Waals surface area (Å²) in [7, 11) is 3.03. The lowest BCUT2D eigenvalue weighted by Crippen LogP contribution is -2.46. The maximum absolute atomic E-state index is 13.6. The Hall–Kier alpha value is -3.60. The number of hydrogen-bond donors (Lipinski definition) is 4. The summed E-state index contributed by atoms with van der Waals surface area (Å²) in [4.78, 5) is 14.2. The fourth-order valence-electron chi connectivity index (χ4n) is 5.69. The van der Waals surface area contributed by atoms with Crippen LogP contribution in [0.25, 0.3) is 5.52 Å². The van der Waals surface area contributed by atoms with Crippen LogP contribution in [0, 0.1) is 17.8 Å². The lowest BCUT2D eigenvalue weighted by atomic mass is 10.0. The molecule has 43 heavy (non-hydrogen) atoms. The molecular weight excluding hydrogens is 581 g/mol. The van der Waals surface area contributed by atoms with Crippen LogP contribution in [0.15, 0.2) is 41.3 Å². The number of pyridine rings is 1. The van der Waals surface area contributed by atoms with E-state index in [0.29, 0.717) is 40.8 Å². The standard InChI is InChI=1S/C30H35F3N6O3S/c1-28(2,41)18-38-14-12-29(16-20(29)17-38)36-25-9-5-8-23-26(43-30(31,32)33)21(37-39(23)25)7-6-13-35-22-15-19(27(40)34-3)10-11-24(22)42-4/h5,8-11,15,20,35-36,41H,12-14,16-18H2,1-4H3,(H,34,40)/t20-,29+/m0/s1. The average Bonchev–Trinajstić information content (AvgIpc) is 3.54. The van der Waals surface area contributed by atoms with E-state index in [-0.39, 0.29) is 40.3 Å². The third kappa shape index (κ3) is 7.14. The lowest BCUT2D eigenvalue weighted by molar-refractivity contribution is -0.0328. The Morgan fingerprint density at radius 2 is 2.07 bits per heavy atom. The second-order valence-corrected chi connectivity index (χ2v) is 12.6. The number of aromatic nitrogens is 2. The minimum atomic E-state index is -4.52. The molecule has 1 aliphatic heterocycles. The summed E-state index contributed by atoms with van der Waals surface area (Å²) in [5, 5.41) is 24.0. The Bertz CT molecular complexity index is 1580.